The molecule has 0 radical (unpaired) electrons. The number of aryl methyl sites for hydroxylation is 2. The minimum absolute atomic E-state index is 0.0559. The minimum atomic E-state index is -0.510. The van der Waals surface area contributed by atoms with E-state index in [1.165, 1.54) is 44.1 Å². The van der Waals surface area contributed by atoms with Crippen LogP contribution in [0.2, 0.25) is 0 Å². The second-order valence-corrected chi connectivity index (χ2v) is 29.9. The molecule has 0 heterocycles. The zero-order chi connectivity index (χ0) is 63.4. The predicted octanol–water partition coefficient (Wildman–Crippen LogP) is 18.2. The lowest BCUT2D eigenvalue weighted by molar-refractivity contribution is -0.160. The molecule has 0 atom stereocenters. The summed E-state index contributed by atoms with van der Waals surface area (Å²) in [7, 11) is -0.600. The maximum Gasteiger partial charge on any atom is 0.344 e. The molecule has 0 bridgehead atoms. The van der Waals surface area contributed by atoms with Gasteiger partial charge in [-0.2, -0.15) is 0 Å². The molecule has 0 saturated heterocycles. The van der Waals surface area contributed by atoms with Gasteiger partial charge in [0.1, 0.15) is 34.1 Å². The highest BCUT2D eigenvalue weighted by molar-refractivity contribution is 7.97. The Morgan fingerprint density at radius 2 is 0.611 bits per heavy atom. The van der Waals surface area contributed by atoms with Crippen LogP contribution in [0.15, 0.2) is 287 Å². The summed E-state index contributed by atoms with van der Waals surface area (Å²) in [5.41, 5.74) is 0.913. The molecule has 9 nitrogen and oxygen atoms in total. The quantitative estimate of drug-likeness (QED) is 0.0419. The van der Waals surface area contributed by atoms with Gasteiger partial charge in [0.2, 0.25) is 0 Å². The van der Waals surface area contributed by atoms with E-state index in [0.717, 1.165) is 68.2 Å². The van der Waals surface area contributed by atoms with E-state index in [-0.39, 0.29) is 81.6 Å². The molecule has 0 spiro atoms. The predicted molar refractivity (Wildman–Crippen MR) is 362 cm³/mol. The van der Waals surface area contributed by atoms with E-state index in [2.05, 4.69) is 194 Å². The Bertz CT molecular complexity index is 3530. The molecule has 0 aromatic heterocycles. The molecule has 2 saturated carbocycles. The Balaban J connectivity index is 0.000000160. The molecule has 0 aliphatic heterocycles. The highest BCUT2D eigenvalue weighted by Crippen LogP contribution is 2.38. The second kappa shape index (κ2) is 32.0. The van der Waals surface area contributed by atoms with E-state index in [1.54, 1.807) is 0 Å². The number of esters is 3. The van der Waals surface area contributed by atoms with Crippen LogP contribution in [0.25, 0.3) is 0 Å². The largest absolute Gasteiger partial charge is 0.482 e. The summed E-state index contributed by atoms with van der Waals surface area (Å²) < 4.78 is 33.9. The summed E-state index contributed by atoms with van der Waals surface area (Å²) in [6, 6.07) is 83.6. The Hall–Kier alpha value is -8.16. The first kappa shape index (κ1) is 66.3. The van der Waals surface area contributed by atoms with E-state index in [1.807, 2.05) is 97.0 Å². The number of hydrogen-bond acceptors (Lipinski definition) is 9. The lowest BCUT2D eigenvalue weighted by atomic mass is 10.1. The molecule has 90 heavy (non-hydrogen) atoms. The molecule has 0 amide bonds. The third-order valence-electron chi connectivity index (χ3n) is 15.2. The number of benzene rings is 9. The molecular formula is C78H83O9S3+3. The average molecular weight is 1260 g/mol. The molecule has 12 heteroatoms. The summed E-state index contributed by atoms with van der Waals surface area (Å²) in [4.78, 5) is 47.7. The lowest BCUT2D eigenvalue weighted by Crippen LogP contribution is -2.30. The van der Waals surface area contributed by atoms with Crippen molar-refractivity contribution in [3.8, 4) is 17.2 Å². The number of rotatable bonds is 20. The van der Waals surface area contributed by atoms with Crippen LogP contribution in [0.1, 0.15) is 97.1 Å². The summed E-state index contributed by atoms with van der Waals surface area (Å²) >= 11 is 0. The van der Waals surface area contributed by atoms with Crippen molar-refractivity contribution in [2.24, 2.45) is 0 Å². The van der Waals surface area contributed by atoms with Gasteiger partial charge in [0, 0.05) is 12.1 Å². The highest BCUT2D eigenvalue weighted by Gasteiger charge is 2.36. The van der Waals surface area contributed by atoms with Gasteiger partial charge in [-0.05, 0) is 232 Å². The lowest BCUT2D eigenvalue weighted by Gasteiger charge is -2.24. The summed E-state index contributed by atoms with van der Waals surface area (Å²) in [6.45, 7) is 13.4. The number of carbonyl (C=O) groups is 3. The van der Waals surface area contributed by atoms with Crippen molar-refractivity contribution in [2.45, 2.75) is 161 Å². The van der Waals surface area contributed by atoms with Gasteiger partial charge >= 0.3 is 17.9 Å². The Kier molecular flexibility index (Phi) is 23.6. The zero-order valence-corrected chi connectivity index (χ0v) is 55.2. The van der Waals surface area contributed by atoms with Crippen molar-refractivity contribution in [1.82, 2.24) is 0 Å². The van der Waals surface area contributed by atoms with Crippen LogP contribution in [0.5, 0.6) is 17.2 Å². The average Bonchev–Trinajstić information content (AvgIpc) is 1.86. The maximum atomic E-state index is 12.4. The third kappa shape index (κ3) is 19.4. The molecule has 0 unspecified atom stereocenters. The molecule has 464 valence electrons. The van der Waals surface area contributed by atoms with Crippen molar-refractivity contribution in [3.63, 3.8) is 0 Å². The molecule has 2 fully saturated rings. The van der Waals surface area contributed by atoms with Crippen molar-refractivity contribution in [3.05, 3.63) is 254 Å². The normalized spacial score (nSPS) is 13.9. The van der Waals surface area contributed by atoms with Gasteiger partial charge < -0.3 is 28.4 Å². The Labute approximate surface area is 541 Å². The van der Waals surface area contributed by atoms with E-state index >= 15 is 0 Å². The summed E-state index contributed by atoms with van der Waals surface area (Å²) in [5.74, 6) is 1.15. The van der Waals surface area contributed by atoms with Crippen LogP contribution in [0.3, 0.4) is 0 Å². The highest BCUT2D eigenvalue weighted by atomic mass is 32.2. The van der Waals surface area contributed by atoms with E-state index in [0.29, 0.717) is 11.5 Å². The fourth-order valence-electron chi connectivity index (χ4n) is 11.0. The molecule has 9 aromatic carbocycles. The van der Waals surface area contributed by atoms with Gasteiger partial charge in [0.25, 0.3) is 0 Å². The Morgan fingerprint density at radius 1 is 0.356 bits per heavy atom. The van der Waals surface area contributed by atoms with Crippen LogP contribution >= 0.6 is 0 Å². The zero-order valence-electron chi connectivity index (χ0n) is 52.8. The monoisotopic (exact) mass is 1260 g/mol. The first-order valence-electron chi connectivity index (χ1n) is 30.9. The van der Waals surface area contributed by atoms with Gasteiger partial charge in [-0.3, -0.25) is 0 Å². The fraction of sp³-hybridized carbons (Fsp3) is 0.269. The molecule has 0 N–H and O–H groups in total. The molecular weight excluding hydrogens is 1180 g/mol. The summed E-state index contributed by atoms with van der Waals surface area (Å²) in [6.07, 6.45) is 8.24. The third-order valence-corrected chi connectivity index (χ3v) is 21.8. The first-order chi connectivity index (χ1) is 43.5. The second-order valence-electron chi connectivity index (χ2n) is 23.8. The molecule has 2 aliphatic carbocycles. The number of ether oxygens (including phenoxy) is 6. The van der Waals surface area contributed by atoms with Crippen molar-refractivity contribution in [2.75, 3.05) is 19.8 Å². The van der Waals surface area contributed by atoms with E-state index < -0.39 is 5.60 Å². The minimum Gasteiger partial charge on any atom is -0.482 e. The smallest absolute Gasteiger partial charge is 0.344 e. The first-order valence-corrected chi connectivity index (χ1v) is 34.6. The van der Waals surface area contributed by atoms with Gasteiger partial charge in [-0.15, -0.1) is 0 Å². The van der Waals surface area contributed by atoms with Crippen molar-refractivity contribution < 1.29 is 42.8 Å². The Morgan fingerprint density at radius 3 is 0.900 bits per heavy atom. The SMILES string of the molecule is CC(C)(C)OC(=O)COc1ccc([S+](c2ccccc2)c2ccccc2)cc1.CC1(OC(=O)COc2ccc([S+](c3ccccc3)c3ccccc3)cc2)CCCC1.Cc1cc([S+](c2ccccc2)c2ccccc2)cc(C)c1OCC(=O)OC1(C)CCCC1. The van der Waals surface area contributed by atoms with Crippen LogP contribution in [-0.4, -0.2) is 54.5 Å². The maximum absolute atomic E-state index is 12.4. The van der Waals surface area contributed by atoms with Gasteiger partial charge in [-0.1, -0.05) is 109 Å². The molecule has 9 aromatic rings. The van der Waals surface area contributed by atoms with Crippen LogP contribution in [-0.2, 0) is 61.3 Å². The van der Waals surface area contributed by atoms with Crippen molar-refractivity contribution >= 4 is 50.6 Å². The van der Waals surface area contributed by atoms with Crippen LogP contribution in [0.4, 0.5) is 0 Å². The standard InChI is InChI=1S/C28H31O3S.C26H27O3S.C24H25O3S/c1-21-18-25(32(23-12-6-4-7-13-23)24-14-8-5-9-15-24)19-22(2)27(21)30-20-26(29)31-28(3)16-10-11-17-28;1-26(18-8-9-19-26)29-25(27)20-28-21-14-16-24(17-15-21)30(22-10-4-2-5-11-22)23-12-6-3-7-13-23;1-24(2,3)27-23(25)18-26-19-14-16-22(17-15-19)28(20-10-6-4-7-11-20)21-12-8-5-9-13-21/h4-9,12-15,18-19H,10-11,16-17,20H2,1-3H3;2-7,10-17H,8-9,18-20H2,1H3;4-17H,18H2,1-3H3/q3*+1. The fourth-order valence-corrected chi connectivity index (χ4v) is 17.4. The molecule has 11 rings (SSSR count). The summed E-state index contributed by atoms with van der Waals surface area (Å²) in [5, 5.41) is 0. The van der Waals surface area contributed by atoms with E-state index in [4.69, 9.17) is 28.4 Å². The molecule has 2 aliphatic rings. The van der Waals surface area contributed by atoms with Gasteiger partial charge in [0.05, 0.1) is 32.7 Å². The topological polar surface area (TPSA) is 107 Å². The van der Waals surface area contributed by atoms with Gasteiger partial charge in [0.15, 0.2) is 63.9 Å². The number of hydrogen-bond donors (Lipinski definition) is 0. The number of carbonyl (C=O) groups excluding carboxylic acids is 3. The van der Waals surface area contributed by atoms with Crippen molar-refractivity contribution in [1.29, 1.82) is 0 Å². The van der Waals surface area contributed by atoms with Crippen LogP contribution in [0, 0.1) is 13.8 Å². The van der Waals surface area contributed by atoms with Gasteiger partial charge in [-0.25, -0.2) is 14.4 Å². The van der Waals surface area contributed by atoms with Crippen LogP contribution < -0.4 is 14.2 Å². The van der Waals surface area contributed by atoms with E-state index in [9.17, 15) is 14.4 Å².